The lowest BCUT2D eigenvalue weighted by Crippen LogP contribution is -2.52. The molecule has 0 fully saturated rings. The smallest absolute Gasteiger partial charge is 0.469 e. The number of nitrogens with one attached hydrogen (secondary N) is 1. The minimum atomic E-state index is -4.71. The Morgan fingerprint density at radius 1 is 1.09 bits per heavy atom. The lowest BCUT2D eigenvalue weighted by Gasteiger charge is -2.23. The Balaban J connectivity index is 1.46. The number of phosphoric acid groups is 1. The number of nitrogens with two attached hydrogens (primary N) is 1. The molecule has 3 aromatic rings. The Morgan fingerprint density at radius 2 is 1.78 bits per heavy atom. The van der Waals surface area contributed by atoms with E-state index in [0.29, 0.717) is 18.0 Å². The molecule has 170 valence electrons. The molecule has 3 rings (SSSR count). The molecule has 0 aliphatic carbocycles. The van der Waals surface area contributed by atoms with E-state index in [0.717, 1.165) is 6.42 Å². The van der Waals surface area contributed by atoms with Crippen LogP contribution in [0.5, 0.6) is 5.75 Å². The van der Waals surface area contributed by atoms with Crippen LogP contribution in [0.2, 0.25) is 0 Å². The molecule has 1 heterocycles. The van der Waals surface area contributed by atoms with Crippen LogP contribution in [0, 0.1) is 0 Å². The van der Waals surface area contributed by atoms with Crippen LogP contribution in [-0.4, -0.2) is 34.4 Å². The second kappa shape index (κ2) is 10.4. The molecule has 0 saturated carbocycles. The standard InChI is InChI=1S/C22H25N2O6PS/c1-22(23,15-30-31(26,27)28)21(25)24-19-6-8-20(9-7-19)29-12-10-16-2-4-17(5-3-16)18-11-13-32-14-18/h2-9,11,13-14H,10,12,15,23H2,1H3,(H,24,25)(H2,26,27,28)/t22-/m0/s1. The number of hydrogen-bond donors (Lipinski definition) is 4. The van der Waals surface area contributed by atoms with E-state index in [1.54, 1.807) is 35.6 Å². The van der Waals surface area contributed by atoms with E-state index in [-0.39, 0.29) is 0 Å². The first-order valence-corrected chi connectivity index (χ1v) is 12.2. The van der Waals surface area contributed by atoms with Crippen molar-refractivity contribution in [1.29, 1.82) is 0 Å². The molecule has 1 amide bonds. The fourth-order valence-corrected chi connectivity index (χ4v) is 3.87. The average molecular weight is 476 g/mol. The summed E-state index contributed by atoms with van der Waals surface area (Å²) in [5.41, 5.74) is 8.23. The molecule has 0 unspecified atom stereocenters. The van der Waals surface area contributed by atoms with Gasteiger partial charge in [0.1, 0.15) is 11.3 Å². The second-order valence-corrected chi connectivity index (χ2v) is 9.49. The van der Waals surface area contributed by atoms with Crippen LogP contribution in [0.3, 0.4) is 0 Å². The minimum absolute atomic E-state index is 0.472. The van der Waals surface area contributed by atoms with E-state index in [2.05, 4.69) is 50.9 Å². The molecule has 0 radical (unpaired) electrons. The molecule has 32 heavy (non-hydrogen) atoms. The maximum absolute atomic E-state index is 12.3. The van der Waals surface area contributed by atoms with Crippen molar-refractivity contribution in [3.05, 3.63) is 70.9 Å². The first-order chi connectivity index (χ1) is 15.1. The van der Waals surface area contributed by atoms with Crippen LogP contribution in [0.15, 0.2) is 65.4 Å². The number of anilines is 1. The van der Waals surface area contributed by atoms with Crippen molar-refractivity contribution in [3.63, 3.8) is 0 Å². The third-order valence-corrected chi connectivity index (χ3v) is 5.78. The summed E-state index contributed by atoms with van der Waals surface area (Å²) < 4.78 is 20.9. The molecule has 8 nitrogen and oxygen atoms in total. The van der Waals surface area contributed by atoms with Crippen LogP contribution in [0.4, 0.5) is 5.69 Å². The average Bonchev–Trinajstić information content (AvgIpc) is 3.29. The third-order valence-electron chi connectivity index (χ3n) is 4.63. The number of carbonyl (C=O) groups excluding carboxylic acids is 1. The number of rotatable bonds is 10. The molecule has 10 heteroatoms. The van der Waals surface area contributed by atoms with E-state index in [4.69, 9.17) is 20.3 Å². The van der Waals surface area contributed by atoms with Crippen LogP contribution in [-0.2, 0) is 20.3 Å². The Morgan fingerprint density at radius 3 is 2.38 bits per heavy atom. The summed E-state index contributed by atoms with van der Waals surface area (Å²) in [4.78, 5) is 29.8. The largest absolute Gasteiger partial charge is 0.493 e. The summed E-state index contributed by atoms with van der Waals surface area (Å²) in [6, 6.07) is 17.2. The molecule has 5 N–H and O–H groups in total. The Hall–Kier alpha value is -2.52. The lowest BCUT2D eigenvalue weighted by molar-refractivity contribution is -0.121. The highest BCUT2D eigenvalue weighted by atomic mass is 32.1. The van der Waals surface area contributed by atoms with E-state index in [1.165, 1.54) is 23.6 Å². The molecule has 0 bridgehead atoms. The van der Waals surface area contributed by atoms with Gasteiger partial charge in [-0.05, 0) is 64.7 Å². The van der Waals surface area contributed by atoms with Gasteiger partial charge in [0.05, 0.1) is 13.2 Å². The summed E-state index contributed by atoms with van der Waals surface area (Å²) in [7, 11) is -4.71. The molecule has 0 saturated heterocycles. The number of phosphoric ester groups is 1. The number of carbonyl (C=O) groups is 1. The summed E-state index contributed by atoms with van der Waals surface area (Å²) in [5, 5.41) is 6.77. The van der Waals surface area contributed by atoms with Crippen LogP contribution in [0.1, 0.15) is 12.5 Å². The maximum Gasteiger partial charge on any atom is 0.469 e. The first kappa shape index (κ1) is 24.1. The predicted molar refractivity (Wildman–Crippen MR) is 125 cm³/mol. The highest BCUT2D eigenvalue weighted by molar-refractivity contribution is 7.46. The SMILES string of the molecule is C[C@](N)(COP(=O)(O)O)C(=O)Nc1ccc(OCCc2ccc(-c3ccsc3)cc2)cc1. The Bertz CT molecular complexity index is 1060. The summed E-state index contributed by atoms with van der Waals surface area (Å²) in [6.07, 6.45) is 0.757. The molecular formula is C22H25N2O6PS. The van der Waals surface area contributed by atoms with Crippen LogP contribution < -0.4 is 15.8 Å². The topological polar surface area (TPSA) is 131 Å². The monoisotopic (exact) mass is 476 g/mol. The van der Waals surface area contributed by atoms with Gasteiger partial charge in [-0.1, -0.05) is 24.3 Å². The molecule has 2 aromatic carbocycles. The molecule has 0 spiro atoms. The fourth-order valence-electron chi connectivity index (χ4n) is 2.77. The van der Waals surface area contributed by atoms with Gasteiger partial charge in [0.2, 0.25) is 5.91 Å². The predicted octanol–water partition coefficient (Wildman–Crippen LogP) is 3.80. The molecule has 0 aliphatic rings. The van der Waals surface area contributed by atoms with Crippen molar-refractivity contribution in [2.24, 2.45) is 5.73 Å². The first-order valence-electron chi connectivity index (χ1n) is 9.77. The van der Waals surface area contributed by atoms with Gasteiger partial charge in [-0.25, -0.2) is 4.57 Å². The summed E-state index contributed by atoms with van der Waals surface area (Å²) in [6.45, 7) is 1.20. The highest BCUT2D eigenvalue weighted by Crippen LogP contribution is 2.36. The zero-order chi connectivity index (χ0) is 23.2. The van der Waals surface area contributed by atoms with Crippen LogP contribution >= 0.6 is 19.2 Å². The van der Waals surface area contributed by atoms with Crippen molar-refractivity contribution in [1.82, 2.24) is 0 Å². The minimum Gasteiger partial charge on any atom is -0.493 e. The van der Waals surface area contributed by atoms with Gasteiger partial charge in [-0.15, -0.1) is 0 Å². The van der Waals surface area contributed by atoms with E-state index in [9.17, 15) is 9.36 Å². The van der Waals surface area contributed by atoms with Gasteiger partial charge < -0.3 is 25.6 Å². The van der Waals surface area contributed by atoms with E-state index >= 15 is 0 Å². The van der Waals surface area contributed by atoms with E-state index < -0.39 is 25.9 Å². The van der Waals surface area contributed by atoms with Crippen molar-refractivity contribution >= 4 is 30.8 Å². The summed E-state index contributed by atoms with van der Waals surface area (Å²) in [5.74, 6) is 0.0174. The van der Waals surface area contributed by atoms with Gasteiger partial charge in [0.15, 0.2) is 0 Å². The normalized spacial score (nSPS) is 13.4. The van der Waals surface area contributed by atoms with Crippen LogP contribution in [0.25, 0.3) is 11.1 Å². The number of hydrogen-bond acceptors (Lipinski definition) is 6. The maximum atomic E-state index is 12.3. The zero-order valence-corrected chi connectivity index (χ0v) is 19.1. The lowest BCUT2D eigenvalue weighted by atomic mass is 10.0. The number of ether oxygens (including phenoxy) is 1. The Labute approximate surface area is 190 Å². The van der Waals surface area contributed by atoms with E-state index in [1.807, 2.05) is 0 Å². The fraction of sp³-hybridized carbons (Fsp3) is 0.227. The van der Waals surface area contributed by atoms with Crippen molar-refractivity contribution < 1.29 is 28.4 Å². The third kappa shape index (κ3) is 7.27. The Kier molecular flexibility index (Phi) is 7.84. The van der Waals surface area contributed by atoms with Gasteiger partial charge in [0.25, 0.3) is 0 Å². The van der Waals surface area contributed by atoms with Gasteiger partial charge in [0, 0.05) is 12.1 Å². The quantitative estimate of drug-likeness (QED) is 0.327. The number of amides is 1. The van der Waals surface area contributed by atoms with Gasteiger partial charge in [-0.3, -0.25) is 9.32 Å². The number of thiophene rings is 1. The summed E-state index contributed by atoms with van der Waals surface area (Å²) >= 11 is 1.67. The van der Waals surface area contributed by atoms with Crippen molar-refractivity contribution in [2.75, 3.05) is 18.5 Å². The zero-order valence-electron chi connectivity index (χ0n) is 17.4. The molecular weight excluding hydrogens is 451 g/mol. The van der Waals surface area contributed by atoms with Crippen molar-refractivity contribution in [3.8, 4) is 16.9 Å². The molecule has 1 aromatic heterocycles. The highest BCUT2D eigenvalue weighted by Gasteiger charge is 2.32. The van der Waals surface area contributed by atoms with Gasteiger partial charge in [-0.2, -0.15) is 11.3 Å². The number of benzene rings is 2. The second-order valence-electron chi connectivity index (χ2n) is 7.47. The molecule has 0 aliphatic heterocycles. The van der Waals surface area contributed by atoms with Gasteiger partial charge >= 0.3 is 7.82 Å². The molecule has 1 atom stereocenters. The van der Waals surface area contributed by atoms with Crippen molar-refractivity contribution in [2.45, 2.75) is 18.9 Å².